The van der Waals surface area contributed by atoms with Gasteiger partial charge < -0.3 is 24.8 Å². The molecule has 3 aromatic rings. The first kappa shape index (κ1) is 22.6. The van der Waals surface area contributed by atoms with E-state index in [1.54, 1.807) is 24.3 Å². The number of nitrogens with zero attached hydrogens (tertiary/aromatic N) is 3. The number of ether oxygens (including phenoxy) is 1. The minimum atomic E-state index is -0.497. The summed E-state index contributed by atoms with van der Waals surface area (Å²) in [4.78, 5) is 50.7. The van der Waals surface area contributed by atoms with Crippen LogP contribution in [0.3, 0.4) is 0 Å². The van der Waals surface area contributed by atoms with Gasteiger partial charge in [0.15, 0.2) is 0 Å². The smallest absolute Gasteiger partial charge is 0.255 e. The van der Waals surface area contributed by atoms with Crippen LogP contribution in [0.5, 0.6) is 5.88 Å². The van der Waals surface area contributed by atoms with Crippen LogP contribution in [0.4, 0.5) is 0 Å². The number of aromatic nitrogens is 2. The van der Waals surface area contributed by atoms with Gasteiger partial charge in [-0.2, -0.15) is 0 Å². The second-order valence-corrected chi connectivity index (χ2v) is 10.3. The number of pyridine rings is 1. The maximum atomic E-state index is 13.6. The van der Waals surface area contributed by atoms with E-state index in [2.05, 4.69) is 15.3 Å². The van der Waals surface area contributed by atoms with Crippen LogP contribution in [0, 0.1) is 17.8 Å². The van der Waals surface area contributed by atoms with Crippen LogP contribution >= 0.6 is 0 Å². The Kier molecular flexibility index (Phi) is 5.24. The molecule has 0 spiro atoms. The van der Waals surface area contributed by atoms with Gasteiger partial charge in [-0.05, 0) is 23.6 Å². The lowest BCUT2D eigenvalue weighted by atomic mass is 10.0. The predicted octanol–water partition coefficient (Wildman–Crippen LogP) is 2.44. The van der Waals surface area contributed by atoms with Crippen LogP contribution in [0.1, 0.15) is 40.1 Å². The van der Waals surface area contributed by atoms with Crippen molar-refractivity contribution in [2.45, 2.75) is 32.5 Å². The van der Waals surface area contributed by atoms with Crippen LogP contribution in [0.2, 0.25) is 0 Å². The van der Waals surface area contributed by atoms with Crippen molar-refractivity contribution in [3.8, 4) is 5.88 Å². The van der Waals surface area contributed by atoms with Crippen LogP contribution in [-0.2, 0) is 11.3 Å². The first-order valence-electron chi connectivity index (χ1n) is 12.4. The van der Waals surface area contributed by atoms with Crippen LogP contribution in [0.25, 0.3) is 11.0 Å². The molecule has 6 rings (SSSR count). The van der Waals surface area contributed by atoms with Gasteiger partial charge in [0.1, 0.15) is 11.6 Å². The van der Waals surface area contributed by atoms with E-state index in [1.165, 1.54) is 0 Å². The number of fused-ring (bicyclic) bond motifs is 3. The zero-order chi connectivity index (χ0) is 25.1. The van der Waals surface area contributed by atoms with E-state index in [1.807, 2.05) is 49.1 Å². The fourth-order valence-corrected chi connectivity index (χ4v) is 5.88. The largest absolute Gasteiger partial charge is 0.481 e. The summed E-state index contributed by atoms with van der Waals surface area (Å²) in [7, 11) is 1.54. The lowest BCUT2D eigenvalue weighted by Crippen LogP contribution is -2.52. The summed E-state index contributed by atoms with van der Waals surface area (Å²) >= 11 is 0. The highest BCUT2D eigenvalue weighted by molar-refractivity contribution is 6.05. The highest BCUT2D eigenvalue weighted by atomic mass is 16.5. The maximum Gasteiger partial charge on any atom is 0.255 e. The number of carbonyl (C=O) groups is 3. The highest BCUT2D eigenvalue weighted by Gasteiger charge is 2.58. The number of carbonyl (C=O) groups excluding carboxylic acids is 3. The molecule has 9 nitrogen and oxygen atoms in total. The minimum absolute atomic E-state index is 0.00337. The van der Waals surface area contributed by atoms with Gasteiger partial charge in [0.25, 0.3) is 11.8 Å². The van der Waals surface area contributed by atoms with E-state index < -0.39 is 6.04 Å². The van der Waals surface area contributed by atoms with E-state index in [0.29, 0.717) is 42.2 Å². The lowest BCUT2D eigenvalue weighted by Gasteiger charge is -2.34. The quantitative estimate of drug-likeness (QED) is 0.555. The molecule has 0 bridgehead atoms. The SMILES string of the molecule is COc1ccc2[nH]cc(C(=O)NC3[C@H]4CN(C(=O)[C@H](C(C)C)N5Cc6ccccc6C5=O)C[C@@H]34)c2n1. The van der Waals surface area contributed by atoms with Crippen molar-refractivity contribution in [1.82, 2.24) is 25.1 Å². The molecule has 1 unspecified atom stereocenters. The van der Waals surface area contributed by atoms with Gasteiger partial charge >= 0.3 is 0 Å². The van der Waals surface area contributed by atoms with Gasteiger partial charge in [-0.3, -0.25) is 14.4 Å². The minimum Gasteiger partial charge on any atom is -0.481 e. The fourth-order valence-electron chi connectivity index (χ4n) is 5.88. The number of amides is 3. The Morgan fingerprint density at radius 2 is 1.89 bits per heavy atom. The van der Waals surface area contributed by atoms with Crippen LogP contribution in [-0.4, -0.2) is 69.8 Å². The van der Waals surface area contributed by atoms with Crippen LogP contribution < -0.4 is 10.1 Å². The van der Waals surface area contributed by atoms with Crippen molar-refractivity contribution < 1.29 is 19.1 Å². The topological polar surface area (TPSA) is 108 Å². The summed E-state index contributed by atoms with van der Waals surface area (Å²) in [5.74, 6) is 0.643. The molecule has 1 saturated carbocycles. The van der Waals surface area contributed by atoms with E-state index in [0.717, 1.165) is 11.1 Å². The molecule has 1 saturated heterocycles. The maximum absolute atomic E-state index is 13.6. The van der Waals surface area contributed by atoms with Crippen molar-refractivity contribution in [2.75, 3.05) is 20.2 Å². The third-order valence-electron chi connectivity index (χ3n) is 7.82. The normalized spacial score (nSPS) is 23.1. The molecule has 4 heterocycles. The number of nitrogens with one attached hydrogen (secondary N) is 2. The zero-order valence-corrected chi connectivity index (χ0v) is 20.5. The van der Waals surface area contributed by atoms with Crippen molar-refractivity contribution >= 4 is 28.8 Å². The number of piperidine rings is 1. The second kappa shape index (κ2) is 8.36. The Morgan fingerprint density at radius 3 is 2.58 bits per heavy atom. The number of rotatable bonds is 6. The molecule has 186 valence electrons. The zero-order valence-electron chi connectivity index (χ0n) is 20.5. The number of benzene rings is 1. The molecule has 2 fully saturated rings. The summed E-state index contributed by atoms with van der Waals surface area (Å²) < 4.78 is 5.19. The third kappa shape index (κ3) is 3.53. The Morgan fingerprint density at radius 1 is 1.14 bits per heavy atom. The summed E-state index contributed by atoms with van der Waals surface area (Å²) in [5.41, 5.74) is 3.48. The molecular formula is C27H29N5O4. The number of methoxy groups -OCH3 is 1. The standard InChI is InChI=1S/C27H29N5O4/c1-14(2)24(32-11-15-6-4-5-7-16(15)26(32)34)27(35)31-12-18-19(13-31)22(18)30-25(33)17-10-28-20-8-9-21(36-3)29-23(17)20/h4-10,14,18-19,22,24,28H,11-13H2,1-3H3,(H,30,33)/t18-,19+,22?,24-/m0/s1. The Balaban J connectivity index is 1.11. The molecule has 0 radical (unpaired) electrons. The van der Waals surface area contributed by atoms with Gasteiger partial charge in [0.05, 0.1) is 18.2 Å². The van der Waals surface area contributed by atoms with E-state index >= 15 is 0 Å². The average molecular weight is 488 g/mol. The number of hydrogen-bond donors (Lipinski definition) is 2. The monoisotopic (exact) mass is 487 g/mol. The second-order valence-electron chi connectivity index (χ2n) is 10.3. The molecule has 9 heteroatoms. The molecule has 2 N–H and O–H groups in total. The molecule has 3 amide bonds. The molecule has 4 atom stereocenters. The first-order valence-corrected chi connectivity index (χ1v) is 12.4. The Labute approximate surface area is 208 Å². The van der Waals surface area contributed by atoms with Gasteiger partial charge in [-0.15, -0.1) is 0 Å². The molecule has 2 aliphatic heterocycles. The van der Waals surface area contributed by atoms with E-state index in [4.69, 9.17) is 4.74 Å². The Hall–Kier alpha value is -3.88. The highest BCUT2D eigenvalue weighted by Crippen LogP contribution is 2.46. The summed E-state index contributed by atoms with van der Waals surface area (Å²) in [5, 5.41) is 3.13. The van der Waals surface area contributed by atoms with Gasteiger partial charge in [-0.1, -0.05) is 32.0 Å². The van der Waals surface area contributed by atoms with Crippen molar-refractivity contribution in [2.24, 2.45) is 17.8 Å². The fraction of sp³-hybridized carbons (Fsp3) is 0.407. The summed E-state index contributed by atoms with van der Waals surface area (Å²) in [6.07, 6.45) is 1.67. The molecule has 2 aromatic heterocycles. The van der Waals surface area contributed by atoms with Crippen molar-refractivity contribution in [3.63, 3.8) is 0 Å². The number of hydrogen-bond acceptors (Lipinski definition) is 5. The van der Waals surface area contributed by atoms with Gasteiger partial charge in [0.2, 0.25) is 11.8 Å². The molecular weight excluding hydrogens is 458 g/mol. The van der Waals surface area contributed by atoms with E-state index in [-0.39, 0.29) is 41.5 Å². The van der Waals surface area contributed by atoms with Gasteiger partial charge in [-0.25, -0.2) is 4.98 Å². The number of H-pyrrole nitrogens is 1. The van der Waals surface area contributed by atoms with Crippen molar-refractivity contribution in [3.05, 3.63) is 59.3 Å². The first-order chi connectivity index (χ1) is 17.4. The predicted molar refractivity (Wildman–Crippen MR) is 132 cm³/mol. The molecule has 3 aliphatic rings. The summed E-state index contributed by atoms with van der Waals surface area (Å²) in [6.45, 7) is 5.62. The Bertz CT molecular complexity index is 1370. The molecule has 36 heavy (non-hydrogen) atoms. The molecule has 1 aromatic carbocycles. The number of aromatic amines is 1. The van der Waals surface area contributed by atoms with E-state index in [9.17, 15) is 14.4 Å². The third-order valence-corrected chi connectivity index (χ3v) is 7.82. The van der Waals surface area contributed by atoms with Gasteiger partial charge in [0, 0.05) is 55.3 Å². The number of likely N-dealkylation sites (tertiary alicyclic amines) is 1. The summed E-state index contributed by atoms with van der Waals surface area (Å²) in [6, 6.07) is 10.7. The lowest BCUT2D eigenvalue weighted by molar-refractivity contribution is -0.137. The van der Waals surface area contributed by atoms with Crippen molar-refractivity contribution in [1.29, 1.82) is 0 Å². The average Bonchev–Trinajstić information content (AvgIpc) is 3.27. The van der Waals surface area contributed by atoms with Crippen LogP contribution in [0.15, 0.2) is 42.6 Å². The molecule has 1 aliphatic carbocycles.